The van der Waals surface area contributed by atoms with E-state index in [0.717, 1.165) is 39.4 Å². The number of fused-ring (bicyclic) bond motifs is 1. The maximum absolute atomic E-state index is 12.7. The highest BCUT2D eigenvalue weighted by atomic mass is 32.1. The number of carbonyl (C=O) groups is 1. The standard InChI is InChI=1S/C23H19N3OS/c1-2-22-25-20-10-3-4-11-21(20)26(22)16-23(27)24-18-8-5-7-17(15-18)12-13-19-9-6-14-28-19/h3-11,14-15H,2,16H2,1H3,(H,24,27). The number of aromatic nitrogens is 2. The van der Waals surface area contributed by atoms with Crippen LogP contribution in [0, 0.1) is 11.8 Å². The first kappa shape index (κ1) is 18.0. The average molecular weight is 385 g/mol. The zero-order chi connectivity index (χ0) is 19.3. The molecule has 0 radical (unpaired) electrons. The molecule has 0 unspecified atom stereocenters. The van der Waals surface area contributed by atoms with E-state index in [1.54, 1.807) is 11.3 Å². The minimum atomic E-state index is -0.0822. The summed E-state index contributed by atoms with van der Waals surface area (Å²) in [6.07, 6.45) is 0.774. The van der Waals surface area contributed by atoms with Gasteiger partial charge in [0, 0.05) is 17.7 Å². The fraction of sp³-hybridized carbons (Fsp3) is 0.130. The van der Waals surface area contributed by atoms with Gasteiger partial charge in [0.2, 0.25) is 5.91 Å². The molecule has 4 aromatic rings. The topological polar surface area (TPSA) is 46.9 Å². The molecule has 0 atom stereocenters. The van der Waals surface area contributed by atoms with Gasteiger partial charge in [-0.3, -0.25) is 4.79 Å². The van der Waals surface area contributed by atoms with Crippen LogP contribution in [0.15, 0.2) is 66.0 Å². The van der Waals surface area contributed by atoms with Gasteiger partial charge in [-0.15, -0.1) is 11.3 Å². The van der Waals surface area contributed by atoms with E-state index in [0.29, 0.717) is 0 Å². The van der Waals surface area contributed by atoms with Crippen LogP contribution in [0.4, 0.5) is 5.69 Å². The summed E-state index contributed by atoms with van der Waals surface area (Å²) < 4.78 is 1.98. The number of nitrogens with one attached hydrogen (secondary N) is 1. The first-order chi connectivity index (χ1) is 13.7. The van der Waals surface area contributed by atoms with E-state index in [-0.39, 0.29) is 12.5 Å². The number of amides is 1. The summed E-state index contributed by atoms with van der Waals surface area (Å²) in [6, 6.07) is 19.5. The van der Waals surface area contributed by atoms with Gasteiger partial charge in [0.05, 0.1) is 15.9 Å². The van der Waals surface area contributed by atoms with Gasteiger partial charge in [-0.25, -0.2) is 4.98 Å². The first-order valence-electron chi connectivity index (χ1n) is 9.12. The molecule has 5 heteroatoms. The van der Waals surface area contributed by atoms with Gasteiger partial charge in [0.1, 0.15) is 12.4 Å². The predicted octanol–water partition coefficient (Wildman–Crippen LogP) is 4.70. The van der Waals surface area contributed by atoms with Crippen LogP contribution >= 0.6 is 11.3 Å². The normalized spacial score (nSPS) is 10.5. The molecule has 2 heterocycles. The number of thiophene rings is 1. The molecule has 28 heavy (non-hydrogen) atoms. The maximum atomic E-state index is 12.7. The zero-order valence-corrected chi connectivity index (χ0v) is 16.3. The van der Waals surface area contributed by atoms with Gasteiger partial charge in [0.15, 0.2) is 0 Å². The van der Waals surface area contributed by atoms with Crippen molar-refractivity contribution in [2.24, 2.45) is 0 Å². The monoisotopic (exact) mass is 385 g/mol. The fourth-order valence-corrected chi connectivity index (χ4v) is 3.64. The second kappa shape index (κ2) is 8.12. The number of para-hydroxylation sites is 2. The van der Waals surface area contributed by atoms with Crippen molar-refractivity contribution in [1.82, 2.24) is 9.55 Å². The quantitative estimate of drug-likeness (QED) is 0.518. The fourth-order valence-electron chi connectivity index (χ4n) is 3.07. The Morgan fingerprint density at radius 2 is 2.00 bits per heavy atom. The lowest BCUT2D eigenvalue weighted by atomic mass is 10.2. The summed E-state index contributed by atoms with van der Waals surface area (Å²) in [5, 5.41) is 4.98. The Labute approximate surface area is 167 Å². The van der Waals surface area contributed by atoms with E-state index in [2.05, 4.69) is 22.1 Å². The van der Waals surface area contributed by atoms with Crippen molar-refractivity contribution in [3.05, 3.63) is 82.3 Å². The van der Waals surface area contributed by atoms with E-state index in [4.69, 9.17) is 0 Å². The first-order valence-corrected chi connectivity index (χ1v) is 10.0. The van der Waals surface area contributed by atoms with Crippen LogP contribution in [0.2, 0.25) is 0 Å². The van der Waals surface area contributed by atoms with Crippen molar-refractivity contribution < 1.29 is 4.79 Å². The van der Waals surface area contributed by atoms with Gasteiger partial charge in [-0.2, -0.15) is 0 Å². The molecule has 0 aliphatic heterocycles. The van der Waals surface area contributed by atoms with Gasteiger partial charge < -0.3 is 9.88 Å². The van der Waals surface area contributed by atoms with Gasteiger partial charge in [0.25, 0.3) is 0 Å². The molecule has 0 saturated heterocycles. The molecule has 0 fully saturated rings. The third kappa shape index (κ3) is 3.98. The Morgan fingerprint density at radius 3 is 2.82 bits per heavy atom. The number of imidazole rings is 1. The predicted molar refractivity (Wildman–Crippen MR) is 114 cm³/mol. The molecule has 0 aliphatic rings. The van der Waals surface area contributed by atoms with Crippen LogP contribution in [-0.2, 0) is 17.8 Å². The summed E-state index contributed by atoms with van der Waals surface area (Å²) >= 11 is 1.61. The molecule has 0 spiro atoms. The van der Waals surface area contributed by atoms with E-state index in [9.17, 15) is 4.79 Å². The smallest absolute Gasteiger partial charge is 0.244 e. The Balaban J connectivity index is 1.51. The lowest BCUT2D eigenvalue weighted by Gasteiger charge is -2.09. The van der Waals surface area contributed by atoms with E-state index in [1.165, 1.54) is 0 Å². The minimum Gasteiger partial charge on any atom is -0.324 e. The molecule has 0 bridgehead atoms. The second-order valence-electron chi connectivity index (χ2n) is 6.31. The zero-order valence-electron chi connectivity index (χ0n) is 15.5. The van der Waals surface area contributed by atoms with Crippen LogP contribution in [0.1, 0.15) is 23.2 Å². The molecular formula is C23H19N3OS. The van der Waals surface area contributed by atoms with Crippen molar-refractivity contribution in [3.8, 4) is 11.8 Å². The minimum absolute atomic E-state index is 0.0822. The Kier molecular flexibility index (Phi) is 5.22. The van der Waals surface area contributed by atoms with Crippen molar-refractivity contribution in [2.75, 3.05) is 5.32 Å². The number of carbonyl (C=O) groups excluding carboxylic acids is 1. The number of rotatable bonds is 4. The van der Waals surface area contributed by atoms with Crippen molar-refractivity contribution in [1.29, 1.82) is 0 Å². The van der Waals surface area contributed by atoms with Crippen LogP contribution in [0.3, 0.4) is 0 Å². The Hall–Kier alpha value is -3.36. The number of benzene rings is 2. The SMILES string of the molecule is CCc1nc2ccccc2n1CC(=O)Nc1cccc(C#Cc2cccs2)c1. The van der Waals surface area contributed by atoms with Crippen molar-refractivity contribution in [2.45, 2.75) is 19.9 Å². The highest BCUT2D eigenvalue weighted by molar-refractivity contribution is 7.10. The molecule has 0 saturated carbocycles. The highest BCUT2D eigenvalue weighted by Gasteiger charge is 2.12. The number of anilines is 1. The summed E-state index contributed by atoms with van der Waals surface area (Å²) in [5.41, 5.74) is 3.50. The number of hydrogen-bond donors (Lipinski definition) is 1. The summed E-state index contributed by atoms with van der Waals surface area (Å²) in [7, 11) is 0. The number of nitrogens with zero attached hydrogens (tertiary/aromatic N) is 2. The van der Waals surface area contributed by atoms with E-state index in [1.807, 2.05) is 77.5 Å². The van der Waals surface area contributed by atoms with Gasteiger partial charge in [-0.1, -0.05) is 43.0 Å². The molecular weight excluding hydrogens is 366 g/mol. The Morgan fingerprint density at radius 1 is 1.11 bits per heavy atom. The summed E-state index contributed by atoms with van der Waals surface area (Å²) in [5.74, 6) is 7.11. The summed E-state index contributed by atoms with van der Waals surface area (Å²) in [6.45, 7) is 2.28. The largest absolute Gasteiger partial charge is 0.324 e. The van der Waals surface area contributed by atoms with Gasteiger partial charge in [-0.05, 0) is 41.8 Å². The van der Waals surface area contributed by atoms with Crippen molar-refractivity contribution in [3.63, 3.8) is 0 Å². The molecule has 0 aliphatic carbocycles. The van der Waals surface area contributed by atoms with Crippen LogP contribution in [0.25, 0.3) is 11.0 Å². The second-order valence-corrected chi connectivity index (χ2v) is 7.26. The van der Waals surface area contributed by atoms with E-state index >= 15 is 0 Å². The lowest BCUT2D eigenvalue weighted by molar-refractivity contribution is -0.116. The van der Waals surface area contributed by atoms with Gasteiger partial charge >= 0.3 is 0 Å². The molecule has 4 rings (SSSR count). The molecule has 1 N–H and O–H groups in total. The Bertz CT molecular complexity index is 1180. The van der Waals surface area contributed by atoms with Crippen LogP contribution in [-0.4, -0.2) is 15.5 Å². The lowest BCUT2D eigenvalue weighted by Crippen LogP contribution is -2.20. The summed E-state index contributed by atoms with van der Waals surface area (Å²) in [4.78, 5) is 18.3. The highest BCUT2D eigenvalue weighted by Crippen LogP contribution is 2.17. The third-order valence-corrected chi connectivity index (χ3v) is 5.13. The third-order valence-electron chi connectivity index (χ3n) is 4.35. The van der Waals surface area contributed by atoms with Crippen LogP contribution < -0.4 is 5.32 Å². The number of aryl methyl sites for hydroxylation is 1. The molecule has 1 amide bonds. The molecule has 138 valence electrons. The van der Waals surface area contributed by atoms with E-state index < -0.39 is 0 Å². The molecule has 2 aromatic carbocycles. The van der Waals surface area contributed by atoms with Crippen LogP contribution in [0.5, 0.6) is 0 Å². The molecule has 2 aromatic heterocycles. The number of hydrogen-bond acceptors (Lipinski definition) is 3. The average Bonchev–Trinajstić information content (AvgIpc) is 3.35. The van der Waals surface area contributed by atoms with Crippen molar-refractivity contribution >= 4 is 34.0 Å². The maximum Gasteiger partial charge on any atom is 0.244 e. The molecule has 4 nitrogen and oxygen atoms in total.